The Balaban J connectivity index is 1.67. The van der Waals surface area contributed by atoms with Crippen molar-refractivity contribution in [1.29, 1.82) is 5.26 Å². The number of ether oxygens (including phenoxy) is 1. The lowest BCUT2D eigenvalue weighted by atomic mass is 9.99. The highest BCUT2D eigenvalue weighted by atomic mass is 35.5. The summed E-state index contributed by atoms with van der Waals surface area (Å²) in [5.41, 5.74) is 7.45. The Morgan fingerprint density at radius 3 is 2.91 bits per heavy atom. The fourth-order valence-electron chi connectivity index (χ4n) is 3.86. The fourth-order valence-corrected chi connectivity index (χ4v) is 4.09. The number of carbonyl (C=O) groups excluding carboxylic acids is 1. The first-order valence-corrected chi connectivity index (χ1v) is 11.1. The van der Waals surface area contributed by atoms with Gasteiger partial charge in [0.1, 0.15) is 29.6 Å². The van der Waals surface area contributed by atoms with Crippen LogP contribution in [-0.4, -0.2) is 40.6 Å². The number of para-hydroxylation sites is 1. The summed E-state index contributed by atoms with van der Waals surface area (Å²) in [6.07, 6.45) is 3.11. The van der Waals surface area contributed by atoms with Gasteiger partial charge in [0.2, 0.25) is 0 Å². The predicted octanol–water partition coefficient (Wildman–Crippen LogP) is 3.46. The highest BCUT2D eigenvalue weighted by molar-refractivity contribution is 6.35. The van der Waals surface area contributed by atoms with Crippen LogP contribution in [0.25, 0.3) is 10.9 Å². The zero-order valence-electron chi connectivity index (χ0n) is 18.1. The van der Waals surface area contributed by atoms with Gasteiger partial charge in [-0.05, 0) is 37.8 Å². The molecule has 170 valence electrons. The number of nitriles is 1. The zero-order chi connectivity index (χ0) is 23.4. The number of hydrogen-bond donors (Lipinski definition) is 3. The molecule has 0 spiro atoms. The smallest absolute Gasteiger partial charge is 0.253 e. The van der Waals surface area contributed by atoms with Crippen molar-refractivity contribution in [3.8, 4) is 6.07 Å². The maximum Gasteiger partial charge on any atom is 0.253 e. The number of nitrogen functional groups attached to an aromatic ring is 1. The van der Waals surface area contributed by atoms with Gasteiger partial charge in [-0.2, -0.15) is 5.26 Å². The quantitative estimate of drug-likeness (QED) is 0.503. The van der Waals surface area contributed by atoms with E-state index in [0.717, 1.165) is 18.2 Å². The maximum absolute atomic E-state index is 13.2. The van der Waals surface area contributed by atoms with E-state index in [1.165, 1.54) is 6.33 Å². The van der Waals surface area contributed by atoms with Gasteiger partial charge < -0.3 is 21.1 Å². The molecule has 1 fully saturated rings. The molecule has 33 heavy (non-hydrogen) atoms. The fraction of sp³-hybridized carbons (Fsp3) is 0.348. The third kappa shape index (κ3) is 4.97. The van der Waals surface area contributed by atoms with Gasteiger partial charge in [-0.15, -0.1) is 0 Å². The Kier molecular flexibility index (Phi) is 6.87. The molecule has 0 unspecified atom stereocenters. The number of anilines is 2. The van der Waals surface area contributed by atoms with Crippen LogP contribution in [0.15, 0.2) is 30.6 Å². The number of halogens is 1. The molecule has 4 N–H and O–H groups in total. The molecular formula is C23H24ClN7O2. The molecule has 9 nitrogen and oxygen atoms in total. The summed E-state index contributed by atoms with van der Waals surface area (Å²) < 4.78 is 5.40. The van der Waals surface area contributed by atoms with Gasteiger partial charge in [-0.1, -0.05) is 23.7 Å². The molecule has 3 aromatic rings. The zero-order valence-corrected chi connectivity index (χ0v) is 18.9. The lowest BCUT2D eigenvalue weighted by Gasteiger charge is -2.23. The van der Waals surface area contributed by atoms with Gasteiger partial charge in [0.15, 0.2) is 0 Å². The number of amides is 1. The Hall–Kier alpha value is -3.48. The third-order valence-electron chi connectivity index (χ3n) is 5.71. The van der Waals surface area contributed by atoms with Crippen LogP contribution >= 0.6 is 11.6 Å². The summed E-state index contributed by atoms with van der Waals surface area (Å²) in [5.74, 6) is 0.507. The summed E-state index contributed by atoms with van der Waals surface area (Å²) in [7, 11) is 0. The van der Waals surface area contributed by atoms with Gasteiger partial charge in [0.25, 0.3) is 5.91 Å². The van der Waals surface area contributed by atoms with Crippen LogP contribution < -0.4 is 16.4 Å². The van der Waals surface area contributed by atoms with E-state index in [0.29, 0.717) is 47.5 Å². The van der Waals surface area contributed by atoms with Crippen molar-refractivity contribution in [2.24, 2.45) is 5.92 Å². The van der Waals surface area contributed by atoms with Crippen LogP contribution in [0.2, 0.25) is 5.02 Å². The average molecular weight is 466 g/mol. The number of benzene rings is 1. The molecule has 0 aliphatic carbocycles. The summed E-state index contributed by atoms with van der Waals surface area (Å²) in [4.78, 5) is 26.0. The number of carbonyl (C=O) groups is 1. The molecule has 10 heteroatoms. The number of aromatic nitrogens is 3. The normalized spacial score (nSPS) is 15.1. The summed E-state index contributed by atoms with van der Waals surface area (Å²) in [5, 5.41) is 16.9. The van der Waals surface area contributed by atoms with E-state index in [4.69, 9.17) is 27.1 Å². The van der Waals surface area contributed by atoms with E-state index in [2.05, 4.69) is 20.6 Å². The van der Waals surface area contributed by atoms with Crippen LogP contribution in [-0.2, 0) is 4.74 Å². The standard InChI is InChI=1S/C23H24ClN7O2/c1-13(30-22-17(10-25)21(26)28-12-29-22)19-16(9-15-3-2-4-18(24)20(15)31-19)23(32)27-11-14-5-7-33-8-6-14/h2-4,9,12-14H,5-8,11H2,1H3,(H,27,32)(H3,26,28,29,30)/t13-/m0/s1. The third-order valence-corrected chi connectivity index (χ3v) is 6.02. The molecule has 1 aromatic carbocycles. The number of nitrogens with two attached hydrogens (primary N) is 1. The first kappa shape index (κ1) is 22.7. The van der Waals surface area contributed by atoms with Crippen molar-refractivity contribution in [3.05, 3.63) is 52.4 Å². The lowest BCUT2D eigenvalue weighted by Crippen LogP contribution is -2.33. The number of fused-ring (bicyclic) bond motifs is 1. The van der Waals surface area contributed by atoms with Gasteiger partial charge in [-0.3, -0.25) is 4.79 Å². The second-order valence-electron chi connectivity index (χ2n) is 7.96. The molecule has 1 aliphatic heterocycles. The molecule has 4 rings (SSSR count). The molecule has 0 saturated carbocycles. The maximum atomic E-state index is 13.2. The monoisotopic (exact) mass is 465 g/mol. The minimum atomic E-state index is -0.476. The number of pyridine rings is 1. The molecule has 1 amide bonds. The molecule has 3 heterocycles. The van der Waals surface area contributed by atoms with Gasteiger partial charge in [0.05, 0.1) is 27.8 Å². The van der Waals surface area contributed by atoms with E-state index in [1.807, 2.05) is 25.1 Å². The summed E-state index contributed by atoms with van der Waals surface area (Å²) in [6, 6.07) is 8.76. The SMILES string of the molecule is C[C@H](Nc1ncnc(N)c1C#N)c1nc2c(Cl)cccc2cc1C(=O)NCC1CCOCC1. The second kappa shape index (κ2) is 9.98. The van der Waals surface area contributed by atoms with Crippen LogP contribution in [0.5, 0.6) is 0 Å². The Bertz CT molecular complexity index is 1220. The molecule has 1 atom stereocenters. The molecular weight excluding hydrogens is 442 g/mol. The van der Waals surface area contributed by atoms with Crippen molar-refractivity contribution in [2.45, 2.75) is 25.8 Å². The topological polar surface area (TPSA) is 139 Å². The van der Waals surface area contributed by atoms with Crippen LogP contribution in [0.3, 0.4) is 0 Å². The number of nitrogens with one attached hydrogen (secondary N) is 2. The number of hydrogen-bond acceptors (Lipinski definition) is 8. The van der Waals surface area contributed by atoms with Crippen molar-refractivity contribution >= 4 is 40.0 Å². The van der Waals surface area contributed by atoms with Gasteiger partial charge in [0, 0.05) is 25.1 Å². The highest BCUT2D eigenvalue weighted by Gasteiger charge is 2.23. The van der Waals surface area contributed by atoms with Gasteiger partial charge >= 0.3 is 0 Å². The van der Waals surface area contributed by atoms with E-state index in [1.54, 1.807) is 12.1 Å². The first-order chi connectivity index (χ1) is 16.0. The minimum absolute atomic E-state index is 0.0751. The van der Waals surface area contributed by atoms with Crippen molar-refractivity contribution in [3.63, 3.8) is 0 Å². The Morgan fingerprint density at radius 1 is 1.36 bits per heavy atom. The molecule has 0 bridgehead atoms. The number of rotatable bonds is 6. The van der Waals surface area contributed by atoms with Gasteiger partial charge in [-0.25, -0.2) is 15.0 Å². The summed E-state index contributed by atoms with van der Waals surface area (Å²) >= 11 is 6.38. The molecule has 1 saturated heterocycles. The first-order valence-electron chi connectivity index (χ1n) is 10.7. The lowest BCUT2D eigenvalue weighted by molar-refractivity contribution is 0.0642. The minimum Gasteiger partial charge on any atom is -0.382 e. The van der Waals surface area contributed by atoms with Crippen LogP contribution in [0.1, 0.15) is 47.4 Å². The summed E-state index contributed by atoms with van der Waals surface area (Å²) in [6.45, 7) is 3.83. The largest absolute Gasteiger partial charge is 0.382 e. The van der Waals surface area contributed by atoms with Crippen molar-refractivity contribution in [1.82, 2.24) is 20.3 Å². The predicted molar refractivity (Wildman–Crippen MR) is 126 cm³/mol. The molecule has 1 aliphatic rings. The van der Waals surface area contributed by atoms with Crippen LogP contribution in [0.4, 0.5) is 11.6 Å². The molecule has 0 radical (unpaired) electrons. The Morgan fingerprint density at radius 2 is 2.15 bits per heavy atom. The molecule has 2 aromatic heterocycles. The Labute approximate surface area is 196 Å². The highest BCUT2D eigenvalue weighted by Crippen LogP contribution is 2.29. The van der Waals surface area contributed by atoms with Crippen LogP contribution in [0, 0.1) is 17.2 Å². The van der Waals surface area contributed by atoms with E-state index in [9.17, 15) is 10.1 Å². The van der Waals surface area contributed by atoms with E-state index in [-0.39, 0.29) is 23.1 Å². The average Bonchev–Trinajstić information content (AvgIpc) is 2.83. The van der Waals surface area contributed by atoms with Crippen molar-refractivity contribution in [2.75, 3.05) is 30.8 Å². The second-order valence-corrected chi connectivity index (χ2v) is 8.37. The van der Waals surface area contributed by atoms with E-state index < -0.39 is 6.04 Å². The number of nitrogens with zero attached hydrogens (tertiary/aromatic N) is 4. The van der Waals surface area contributed by atoms with Crippen molar-refractivity contribution < 1.29 is 9.53 Å². The van der Waals surface area contributed by atoms with E-state index >= 15 is 0 Å².